The van der Waals surface area contributed by atoms with Gasteiger partial charge in [0.15, 0.2) is 0 Å². The van der Waals surface area contributed by atoms with Gasteiger partial charge in [0.1, 0.15) is 22.8 Å². The van der Waals surface area contributed by atoms with Crippen LogP contribution in [-0.2, 0) is 9.47 Å². The van der Waals surface area contributed by atoms with Crippen molar-refractivity contribution < 1.29 is 28.2 Å². The molecule has 3 fully saturated rings. The van der Waals surface area contributed by atoms with Gasteiger partial charge in [-0.05, 0) is 103 Å². The smallest absolute Gasteiger partial charge is 0.410 e. The Kier molecular flexibility index (Phi) is 6.36. The minimum Gasteiger partial charge on any atom is -0.490 e. The molecule has 0 bridgehead atoms. The van der Waals surface area contributed by atoms with Gasteiger partial charge in [0, 0.05) is 19.2 Å². The molecule has 1 heterocycles. The van der Waals surface area contributed by atoms with Crippen LogP contribution < -0.4 is 4.74 Å². The molecule has 1 aromatic carbocycles. The van der Waals surface area contributed by atoms with Crippen LogP contribution in [0.25, 0.3) is 0 Å². The van der Waals surface area contributed by atoms with E-state index in [9.17, 15) is 14.0 Å². The molecule has 4 rings (SSSR count). The SMILES string of the molecule is CC(C)(C)OC(=O)c1cc(C2CC2)c(OC2CC3(CCN(C(=O)OC(C)(C)C)CC3)C2)cc1F. The third kappa shape index (κ3) is 5.84. The monoisotopic (exact) mass is 475 g/mol. The highest BCUT2D eigenvalue weighted by atomic mass is 19.1. The topological polar surface area (TPSA) is 65.1 Å². The lowest BCUT2D eigenvalue weighted by molar-refractivity contribution is -0.0586. The Morgan fingerprint density at radius 1 is 0.971 bits per heavy atom. The summed E-state index contributed by atoms with van der Waals surface area (Å²) in [6, 6.07) is 2.99. The highest BCUT2D eigenvalue weighted by Crippen LogP contribution is 2.52. The van der Waals surface area contributed by atoms with Crippen molar-refractivity contribution in [2.24, 2.45) is 5.41 Å². The third-order valence-electron chi connectivity index (χ3n) is 6.83. The molecule has 1 amide bonds. The maximum atomic E-state index is 14.9. The molecule has 2 saturated carbocycles. The summed E-state index contributed by atoms with van der Waals surface area (Å²) in [6.45, 7) is 12.3. The number of benzene rings is 1. The minimum atomic E-state index is -0.683. The molecule has 3 aliphatic rings. The van der Waals surface area contributed by atoms with Crippen molar-refractivity contribution in [2.75, 3.05) is 13.1 Å². The number of rotatable bonds is 4. The lowest BCUT2D eigenvalue weighted by Crippen LogP contribution is -2.52. The van der Waals surface area contributed by atoms with E-state index in [-0.39, 0.29) is 23.2 Å². The number of carbonyl (C=O) groups excluding carboxylic acids is 2. The van der Waals surface area contributed by atoms with Crippen LogP contribution in [-0.4, -0.2) is 47.4 Å². The zero-order valence-electron chi connectivity index (χ0n) is 21.3. The molecule has 0 N–H and O–H groups in total. The molecule has 188 valence electrons. The fourth-order valence-electron chi connectivity index (χ4n) is 4.94. The summed E-state index contributed by atoms with van der Waals surface area (Å²) in [5, 5.41) is 0. The Balaban J connectivity index is 1.36. The summed E-state index contributed by atoms with van der Waals surface area (Å²) in [6.07, 6.45) is 5.46. The first kappa shape index (κ1) is 24.8. The second-order valence-electron chi connectivity index (χ2n) is 12.3. The molecule has 1 aromatic rings. The van der Waals surface area contributed by atoms with Crippen LogP contribution in [0.15, 0.2) is 12.1 Å². The molecule has 7 heteroatoms. The molecule has 0 atom stereocenters. The molecule has 0 unspecified atom stereocenters. The molecule has 0 aromatic heterocycles. The maximum Gasteiger partial charge on any atom is 0.410 e. The number of nitrogens with zero attached hydrogens (tertiary/aromatic N) is 1. The Morgan fingerprint density at radius 3 is 2.09 bits per heavy atom. The summed E-state index contributed by atoms with van der Waals surface area (Å²) >= 11 is 0. The van der Waals surface area contributed by atoms with Gasteiger partial charge in [0.25, 0.3) is 0 Å². The van der Waals surface area contributed by atoms with Gasteiger partial charge in [-0.3, -0.25) is 0 Å². The Labute approximate surface area is 202 Å². The predicted molar refractivity (Wildman–Crippen MR) is 127 cm³/mol. The lowest BCUT2D eigenvalue weighted by Gasteiger charge is -2.51. The Hall–Kier alpha value is -2.31. The first-order valence-electron chi connectivity index (χ1n) is 12.5. The molecule has 34 heavy (non-hydrogen) atoms. The fraction of sp³-hybridized carbons (Fsp3) is 0.704. The van der Waals surface area contributed by atoms with Crippen LogP contribution in [0.3, 0.4) is 0 Å². The van der Waals surface area contributed by atoms with E-state index in [0.29, 0.717) is 24.8 Å². The third-order valence-corrected chi connectivity index (χ3v) is 6.83. The number of likely N-dealkylation sites (tertiary alicyclic amines) is 1. The number of piperidine rings is 1. The van der Waals surface area contributed by atoms with Crippen molar-refractivity contribution in [3.63, 3.8) is 0 Å². The maximum absolute atomic E-state index is 14.9. The highest BCUT2D eigenvalue weighted by Gasteiger charge is 2.48. The molecule has 1 saturated heterocycles. The molecule has 2 aliphatic carbocycles. The van der Waals surface area contributed by atoms with Gasteiger partial charge in [-0.25, -0.2) is 14.0 Å². The van der Waals surface area contributed by atoms with Crippen LogP contribution in [0, 0.1) is 11.2 Å². The van der Waals surface area contributed by atoms with Gasteiger partial charge in [-0.15, -0.1) is 0 Å². The molecule has 1 spiro atoms. The number of amides is 1. The summed E-state index contributed by atoms with van der Waals surface area (Å²) in [5.74, 6) is -0.382. The van der Waals surface area contributed by atoms with E-state index >= 15 is 0 Å². The second-order valence-corrected chi connectivity index (χ2v) is 12.3. The highest BCUT2D eigenvalue weighted by molar-refractivity contribution is 5.90. The van der Waals surface area contributed by atoms with Crippen molar-refractivity contribution >= 4 is 12.1 Å². The van der Waals surface area contributed by atoms with E-state index in [2.05, 4.69) is 0 Å². The molecular formula is C27H38FNO5. The standard InChI is InChI=1S/C27H38FNO5/c1-25(2,3)33-23(30)20-13-19(17-7-8-17)22(14-21(20)28)32-18-15-27(16-18)9-11-29(12-10-27)24(31)34-26(4,5)6/h13-14,17-18H,7-12,15-16H2,1-6H3. The van der Waals surface area contributed by atoms with E-state index in [1.165, 1.54) is 6.07 Å². The van der Waals surface area contributed by atoms with Crippen LogP contribution >= 0.6 is 0 Å². The summed E-state index contributed by atoms with van der Waals surface area (Å²) < 4.78 is 32.0. The largest absolute Gasteiger partial charge is 0.490 e. The lowest BCUT2D eigenvalue weighted by atomic mass is 9.61. The zero-order valence-corrected chi connectivity index (χ0v) is 21.3. The number of carbonyl (C=O) groups is 2. The normalized spacial score (nSPS) is 20.6. The Bertz CT molecular complexity index is 941. The van der Waals surface area contributed by atoms with Crippen LogP contribution in [0.5, 0.6) is 5.75 Å². The predicted octanol–water partition coefficient (Wildman–Crippen LogP) is 6.22. The van der Waals surface area contributed by atoms with Gasteiger partial charge in [0.2, 0.25) is 0 Å². The number of halogens is 1. The van der Waals surface area contributed by atoms with Crippen LogP contribution in [0.1, 0.15) is 102 Å². The zero-order chi connectivity index (χ0) is 24.9. The number of hydrogen-bond donors (Lipinski definition) is 0. The van der Waals surface area contributed by atoms with E-state index in [1.807, 2.05) is 20.8 Å². The van der Waals surface area contributed by atoms with Gasteiger partial charge >= 0.3 is 12.1 Å². The van der Waals surface area contributed by atoms with E-state index < -0.39 is 23.0 Å². The van der Waals surface area contributed by atoms with Crippen molar-refractivity contribution in [1.29, 1.82) is 0 Å². The number of esters is 1. The number of ether oxygens (including phenoxy) is 3. The van der Waals surface area contributed by atoms with E-state index in [4.69, 9.17) is 14.2 Å². The molecule has 6 nitrogen and oxygen atoms in total. The molecule has 0 radical (unpaired) electrons. The Morgan fingerprint density at radius 2 is 1.56 bits per heavy atom. The minimum absolute atomic E-state index is 0.0243. The van der Waals surface area contributed by atoms with Crippen molar-refractivity contribution in [3.8, 4) is 5.75 Å². The van der Waals surface area contributed by atoms with Crippen LogP contribution in [0.2, 0.25) is 0 Å². The van der Waals surface area contributed by atoms with Crippen molar-refractivity contribution in [3.05, 3.63) is 29.1 Å². The van der Waals surface area contributed by atoms with Gasteiger partial charge in [-0.2, -0.15) is 0 Å². The second kappa shape index (κ2) is 8.72. The number of hydrogen-bond acceptors (Lipinski definition) is 5. The van der Waals surface area contributed by atoms with Gasteiger partial charge in [0.05, 0.1) is 11.7 Å². The van der Waals surface area contributed by atoms with E-state index in [0.717, 1.165) is 44.1 Å². The quantitative estimate of drug-likeness (QED) is 0.484. The van der Waals surface area contributed by atoms with E-state index in [1.54, 1.807) is 31.7 Å². The molecule has 1 aliphatic heterocycles. The van der Waals surface area contributed by atoms with Crippen LogP contribution in [0.4, 0.5) is 9.18 Å². The van der Waals surface area contributed by atoms with Crippen molar-refractivity contribution in [1.82, 2.24) is 4.90 Å². The van der Waals surface area contributed by atoms with Gasteiger partial charge < -0.3 is 19.1 Å². The first-order chi connectivity index (χ1) is 15.7. The molecular weight excluding hydrogens is 437 g/mol. The summed E-state index contributed by atoms with van der Waals surface area (Å²) in [7, 11) is 0. The van der Waals surface area contributed by atoms with Gasteiger partial charge in [-0.1, -0.05) is 0 Å². The summed E-state index contributed by atoms with van der Waals surface area (Å²) in [5.41, 5.74) is -0.114. The average molecular weight is 476 g/mol. The average Bonchev–Trinajstić information content (AvgIpc) is 3.49. The first-order valence-corrected chi connectivity index (χ1v) is 12.5. The summed E-state index contributed by atoms with van der Waals surface area (Å²) in [4.78, 5) is 26.6. The van der Waals surface area contributed by atoms with Crippen molar-refractivity contribution in [2.45, 2.75) is 103 Å². The fourth-order valence-corrected chi connectivity index (χ4v) is 4.94.